The van der Waals surface area contributed by atoms with Crippen LogP contribution < -0.4 is 0 Å². The van der Waals surface area contributed by atoms with Crippen molar-refractivity contribution in [2.75, 3.05) is 0 Å². The Morgan fingerprint density at radius 1 is 1.53 bits per heavy atom. The molecule has 0 spiro atoms. The Morgan fingerprint density at radius 3 is 2.94 bits per heavy atom. The number of hydrogen-bond donors (Lipinski definition) is 1. The van der Waals surface area contributed by atoms with Crippen molar-refractivity contribution in [3.8, 4) is 0 Å². The SMILES string of the molecule is CC1CCCC(O)(CCc2cnn(C)c2)C1C. The van der Waals surface area contributed by atoms with E-state index in [4.69, 9.17) is 0 Å². The van der Waals surface area contributed by atoms with E-state index < -0.39 is 5.60 Å². The summed E-state index contributed by atoms with van der Waals surface area (Å²) in [6.07, 6.45) is 9.12. The fourth-order valence-electron chi connectivity index (χ4n) is 3.05. The van der Waals surface area contributed by atoms with Gasteiger partial charge < -0.3 is 5.11 Å². The van der Waals surface area contributed by atoms with Crippen molar-refractivity contribution in [2.24, 2.45) is 18.9 Å². The Hall–Kier alpha value is -0.830. The number of aryl methyl sites for hydroxylation is 2. The lowest BCUT2D eigenvalue weighted by Gasteiger charge is -2.42. The summed E-state index contributed by atoms with van der Waals surface area (Å²) in [5, 5.41) is 14.9. The van der Waals surface area contributed by atoms with E-state index in [9.17, 15) is 5.11 Å². The largest absolute Gasteiger partial charge is 0.390 e. The zero-order valence-electron chi connectivity index (χ0n) is 11.2. The Morgan fingerprint density at radius 2 is 2.29 bits per heavy atom. The molecular weight excluding hydrogens is 212 g/mol. The molecule has 1 aromatic heterocycles. The Kier molecular flexibility index (Phi) is 3.57. The van der Waals surface area contributed by atoms with E-state index in [0.29, 0.717) is 11.8 Å². The maximum Gasteiger partial charge on any atom is 0.0678 e. The van der Waals surface area contributed by atoms with Gasteiger partial charge in [0.15, 0.2) is 0 Å². The molecular formula is C14H24N2O. The molecule has 17 heavy (non-hydrogen) atoms. The zero-order chi connectivity index (χ0) is 12.5. The molecule has 0 aliphatic heterocycles. The second-order valence-corrected chi connectivity index (χ2v) is 5.78. The first-order valence-electron chi connectivity index (χ1n) is 6.71. The zero-order valence-corrected chi connectivity index (χ0v) is 11.2. The van der Waals surface area contributed by atoms with E-state index in [0.717, 1.165) is 25.7 Å². The van der Waals surface area contributed by atoms with Crippen LogP contribution in [0.4, 0.5) is 0 Å². The van der Waals surface area contributed by atoms with Crippen molar-refractivity contribution in [3.63, 3.8) is 0 Å². The van der Waals surface area contributed by atoms with Gasteiger partial charge in [-0.1, -0.05) is 26.7 Å². The lowest BCUT2D eigenvalue weighted by molar-refractivity contribution is -0.0684. The molecule has 1 saturated carbocycles. The van der Waals surface area contributed by atoms with Crippen molar-refractivity contribution in [1.29, 1.82) is 0 Å². The lowest BCUT2D eigenvalue weighted by Crippen LogP contribution is -2.43. The number of nitrogens with zero attached hydrogens (tertiary/aromatic N) is 2. The van der Waals surface area contributed by atoms with Crippen LogP contribution in [-0.2, 0) is 13.5 Å². The van der Waals surface area contributed by atoms with Crippen molar-refractivity contribution < 1.29 is 5.11 Å². The minimum absolute atomic E-state index is 0.410. The van der Waals surface area contributed by atoms with Crippen molar-refractivity contribution in [1.82, 2.24) is 9.78 Å². The van der Waals surface area contributed by atoms with Gasteiger partial charge in [-0.25, -0.2) is 0 Å². The van der Waals surface area contributed by atoms with Crippen LogP contribution in [0, 0.1) is 11.8 Å². The van der Waals surface area contributed by atoms with Crippen LogP contribution in [0.15, 0.2) is 12.4 Å². The van der Waals surface area contributed by atoms with E-state index in [1.165, 1.54) is 12.0 Å². The van der Waals surface area contributed by atoms with E-state index >= 15 is 0 Å². The van der Waals surface area contributed by atoms with Crippen LogP contribution >= 0.6 is 0 Å². The van der Waals surface area contributed by atoms with Gasteiger partial charge in [0.05, 0.1) is 11.8 Å². The minimum atomic E-state index is -0.465. The summed E-state index contributed by atoms with van der Waals surface area (Å²) in [7, 11) is 1.93. The first-order chi connectivity index (χ1) is 8.01. The predicted octanol–water partition coefficient (Wildman–Crippen LogP) is 2.54. The molecule has 2 rings (SSSR count). The summed E-state index contributed by atoms with van der Waals surface area (Å²) in [6.45, 7) is 4.46. The predicted molar refractivity (Wildman–Crippen MR) is 68.7 cm³/mol. The van der Waals surface area contributed by atoms with Crippen molar-refractivity contribution in [2.45, 2.75) is 51.6 Å². The van der Waals surface area contributed by atoms with E-state index in [1.807, 2.05) is 24.1 Å². The fourth-order valence-corrected chi connectivity index (χ4v) is 3.05. The van der Waals surface area contributed by atoms with E-state index in [2.05, 4.69) is 18.9 Å². The molecule has 3 atom stereocenters. The molecule has 0 saturated heterocycles. The van der Waals surface area contributed by atoms with Gasteiger partial charge in [0.25, 0.3) is 0 Å². The third-order valence-corrected chi connectivity index (χ3v) is 4.58. The van der Waals surface area contributed by atoms with Gasteiger partial charge in [0.1, 0.15) is 0 Å². The monoisotopic (exact) mass is 236 g/mol. The van der Waals surface area contributed by atoms with Gasteiger partial charge in [0.2, 0.25) is 0 Å². The molecule has 1 fully saturated rings. The maximum absolute atomic E-state index is 10.8. The summed E-state index contributed by atoms with van der Waals surface area (Å²) >= 11 is 0. The summed E-state index contributed by atoms with van der Waals surface area (Å²) in [5.41, 5.74) is 0.763. The number of hydrogen-bond acceptors (Lipinski definition) is 2. The maximum atomic E-state index is 10.8. The standard InChI is InChI=1S/C14H24N2O/c1-11-5-4-7-14(17,12(11)2)8-6-13-9-15-16(3)10-13/h9-12,17H,4-8H2,1-3H3. The van der Waals surface area contributed by atoms with Crippen LogP contribution in [0.5, 0.6) is 0 Å². The highest BCUT2D eigenvalue weighted by Gasteiger charge is 2.39. The summed E-state index contributed by atoms with van der Waals surface area (Å²) in [6, 6.07) is 0. The number of aliphatic hydroxyl groups is 1. The topological polar surface area (TPSA) is 38.1 Å². The van der Waals surface area contributed by atoms with Gasteiger partial charge in [-0.15, -0.1) is 0 Å². The normalized spacial score (nSPS) is 33.9. The first kappa shape index (κ1) is 12.6. The second-order valence-electron chi connectivity index (χ2n) is 5.78. The van der Waals surface area contributed by atoms with Gasteiger partial charge in [-0.2, -0.15) is 5.10 Å². The van der Waals surface area contributed by atoms with Crippen LogP contribution in [0.1, 0.15) is 45.1 Å². The third kappa shape index (κ3) is 2.71. The lowest BCUT2D eigenvalue weighted by atomic mass is 9.68. The molecule has 0 aromatic carbocycles. The molecule has 1 aliphatic carbocycles. The Balaban J connectivity index is 1.97. The molecule has 3 heteroatoms. The second kappa shape index (κ2) is 4.81. The van der Waals surface area contributed by atoms with Crippen LogP contribution in [0.2, 0.25) is 0 Å². The molecule has 1 aliphatic rings. The average molecular weight is 236 g/mol. The summed E-state index contributed by atoms with van der Waals surface area (Å²) in [4.78, 5) is 0. The fraction of sp³-hybridized carbons (Fsp3) is 0.786. The number of rotatable bonds is 3. The average Bonchev–Trinajstić information content (AvgIpc) is 2.70. The molecule has 0 bridgehead atoms. The van der Waals surface area contributed by atoms with Crippen LogP contribution in [0.25, 0.3) is 0 Å². The van der Waals surface area contributed by atoms with E-state index in [-0.39, 0.29) is 0 Å². The van der Waals surface area contributed by atoms with Gasteiger partial charge in [-0.3, -0.25) is 4.68 Å². The molecule has 96 valence electrons. The van der Waals surface area contributed by atoms with Gasteiger partial charge in [-0.05, 0) is 36.7 Å². The quantitative estimate of drug-likeness (QED) is 0.875. The van der Waals surface area contributed by atoms with Crippen molar-refractivity contribution in [3.05, 3.63) is 18.0 Å². The Bertz CT molecular complexity index is 374. The minimum Gasteiger partial charge on any atom is -0.390 e. The van der Waals surface area contributed by atoms with Gasteiger partial charge >= 0.3 is 0 Å². The highest BCUT2D eigenvalue weighted by Crippen LogP contribution is 2.40. The number of aromatic nitrogens is 2. The van der Waals surface area contributed by atoms with Crippen LogP contribution in [0.3, 0.4) is 0 Å². The molecule has 3 nitrogen and oxygen atoms in total. The highest BCUT2D eigenvalue weighted by atomic mass is 16.3. The molecule has 1 N–H and O–H groups in total. The molecule has 0 radical (unpaired) electrons. The smallest absolute Gasteiger partial charge is 0.0678 e. The summed E-state index contributed by atoms with van der Waals surface area (Å²) in [5.74, 6) is 1.05. The van der Waals surface area contributed by atoms with E-state index in [1.54, 1.807) is 0 Å². The molecule has 3 unspecified atom stereocenters. The summed E-state index contributed by atoms with van der Waals surface area (Å²) < 4.78 is 1.83. The first-order valence-corrected chi connectivity index (χ1v) is 6.71. The van der Waals surface area contributed by atoms with Crippen LogP contribution in [-0.4, -0.2) is 20.5 Å². The molecule has 0 amide bonds. The molecule has 1 aromatic rings. The Labute approximate surface area is 104 Å². The molecule has 1 heterocycles. The third-order valence-electron chi connectivity index (χ3n) is 4.58. The van der Waals surface area contributed by atoms with Crippen molar-refractivity contribution >= 4 is 0 Å². The van der Waals surface area contributed by atoms with Gasteiger partial charge in [0, 0.05) is 13.2 Å². The highest BCUT2D eigenvalue weighted by molar-refractivity contribution is 5.05.